The molecule has 0 saturated heterocycles. The van der Waals surface area contributed by atoms with E-state index in [1.807, 2.05) is 34.7 Å². The zero-order valence-corrected chi connectivity index (χ0v) is 11.4. The van der Waals surface area contributed by atoms with Crippen LogP contribution in [0.25, 0.3) is 0 Å². The van der Waals surface area contributed by atoms with Gasteiger partial charge in [0.1, 0.15) is 0 Å². The number of rotatable bonds is 2. The molecule has 15 heavy (non-hydrogen) atoms. The van der Waals surface area contributed by atoms with Gasteiger partial charge in [-0.15, -0.1) is 0 Å². The minimum Gasteiger partial charge on any atom is -0.388 e. The van der Waals surface area contributed by atoms with Crippen molar-refractivity contribution in [2.24, 2.45) is 0 Å². The van der Waals surface area contributed by atoms with Gasteiger partial charge < -0.3 is 5.32 Å². The van der Waals surface area contributed by atoms with Gasteiger partial charge in [-0.3, -0.25) is 0 Å². The van der Waals surface area contributed by atoms with Crippen LogP contribution in [-0.2, 0) is 6.42 Å². The summed E-state index contributed by atoms with van der Waals surface area (Å²) in [4.78, 5) is 0. The van der Waals surface area contributed by atoms with Gasteiger partial charge in [0.2, 0.25) is 0 Å². The molecule has 0 aliphatic rings. The van der Waals surface area contributed by atoms with Crippen molar-refractivity contribution >= 4 is 5.69 Å². The van der Waals surface area contributed by atoms with Crippen LogP contribution in [0.1, 0.15) is 45.7 Å². The molecule has 1 aromatic rings. The van der Waals surface area contributed by atoms with Crippen molar-refractivity contribution in [2.45, 2.75) is 48.0 Å². The Morgan fingerprint density at radius 2 is 1.60 bits per heavy atom. The van der Waals surface area contributed by atoms with E-state index in [4.69, 9.17) is 0 Å². The Labute approximate surface area is 95.9 Å². The summed E-state index contributed by atoms with van der Waals surface area (Å²) < 4.78 is 0. The molecule has 1 nitrogen and oxygen atoms in total. The third kappa shape index (κ3) is 6.16. The molecule has 0 aromatic heterocycles. The third-order valence-electron chi connectivity index (χ3n) is 1.91. The fourth-order valence-electron chi connectivity index (χ4n) is 1.26. The first-order valence-corrected chi connectivity index (χ1v) is 6.05. The molecule has 0 radical (unpaired) electrons. The minimum atomic E-state index is 1.10. The highest BCUT2D eigenvalue weighted by Gasteiger charge is 1.96. The molecule has 0 aliphatic heterocycles. The fraction of sp³-hybridized carbons (Fsp3) is 0.571. The van der Waals surface area contributed by atoms with Crippen LogP contribution >= 0.6 is 0 Å². The van der Waals surface area contributed by atoms with Crippen molar-refractivity contribution in [3.8, 4) is 0 Å². The molecular formula is C14H27N. The Balaban J connectivity index is 0. The predicted molar refractivity (Wildman–Crippen MR) is 72.8 cm³/mol. The van der Waals surface area contributed by atoms with Gasteiger partial charge in [0.25, 0.3) is 0 Å². The van der Waals surface area contributed by atoms with Crippen LogP contribution in [0.3, 0.4) is 0 Å². The van der Waals surface area contributed by atoms with E-state index in [2.05, 4.69) is 37.4 Å². The average Bonchev–Trinajstić information content (AvgIpc) is 2.34. The van der Waals surface area contributed by atoms with Gasteiger partial charge in [-0.1, -0.05) is 52.3 Å². The Morgan fingerprint density at radius 3 is 2.00 bits per heavy atom. The Bertz CT molecular complexity index is 241. The van der Waals surface area contributed by atoms with Crippen LogP contribution in [0, 0.1) is 6.92 Å². The molecule has 0 aliphatic carbocycles. The maximum Gasteiger partial charge on any atom is 0.0370 e. The highest BCUT2D eigenvalue weighted by atomic mass is 14.8. The summed E-state index contributed by atoms with van der Waals surface area (Å²) in [6, 6.07) is 6.49. The summed E-state index contributed by atoms with van der Waals surface area (Å²) in [5.74, 6) is 0. The first kappa shape index (κ1) is 16.4. The van der Waals surface area contributed by atoms with Crippen LogP contribution in [0.2, 0.25) is 0 Å². The normalized spacial score (nSPS) is 7.93. The van der Waals surface area contributed by atoms with Crippen molar-refractivity contribution in [3.05, 3.63) is 29.3 Å². The topological polar surface area (TPSA) is 12.0 Å². The van der Waals surface area contributed by atoms with Crippen molar-refractivity contribution < 1.29 is 0 Å². The van der Waals surface area contributed by atoms with Crippen LogP contribution in [0.5, 0.6) is 0 Å². The second-order valence-corrected chi connectivity index (χ2v) is 2.76. The summed E-state index contributed by atoms with van der Waals surface area (Å²) in [7, 11) is 1.96. The smallest absolute Gasteiger partial charge is 0.0370 e. The lowest BCUT2D eigenvalue weighted by molar-refractivity contribution is 1.13. The first-order valence-electron chi connectivity index (χ1n) is 6.05. The van der Waals surface area contributed by atoms with Crippen molar-refractivity contribution in [1.82, 2.24) is 0 Å². The summed E-state index contributed by atoms with van der Waals surface area (Å²) in [6.07, 6.45) is 1.10. The molecule has 0 fully saturated rings. The largest absolute Gasteiger partial charge is 0.388 e. The van der Waals surface area contributed by atoms with Crippen molar-refractivity contribution in [2.75, 3.05) is 12.4 Å². The van der Waals surface area contributed by atoms with E-state index in [0.717, 1.165) is 6.42 Å². The average molecular weight is 209 g/mol. The van der Waals surface area contributed by atoms with Gasteiger partial charge >= 0.3 is 0 Å². The Kier molecular flexibility index (Phi) is 12.2. The molecule has 1 rings (SSSR count). The van der Waals surface area contributed by atoms with Crippen LogP contribution < -0.4 is 5.32 Å². The summed E-state index contributed by atoms with van der Waals surface area (Å²) in [5.41, 5.74) is 3.98. The Hall–Kier alpha value is -0.980. The summed E-state index contributed by atoms with van der Waals surface area (Å²) >= 11 is 0. The fourth-order valence-corrected chi connectivity index (χ4v) is 1.26. The molecule has 0 saturated carbocycles. The van der Waals surface area contributed by atoms with E-state index < -0.39 is 0 Å². The molecule has 1 N–H and O–H groups in total. The Morgan fingerprint density at radius 1 is 1.07 bits per heavy atom. The zero-order chi connectivity index (χ0) is 12.3. The van der Waals surface area contributed by atoms with Gasteiger partial charge in [-0.25, -0.2) is 0 Å². The van der Waals surface area contributed by atoms with Gasteiger partial charge in [-0.2, -0.15) is 0 Å². The zero-order valence-electron chi connectivity index (χ0n) is 11.4. The quantitative estimate of drug-likeness (QED) is 0.747. The van der Waals surface area contributed by atoms with E-state index >= 15 is 0 Å². The van der Waals surface area contributed by atoms with Gasteiger partial charge in [0.15, 0.2) is 0 Å². The molecule has 0 spiro atoms. The van der Waals surface area contributed by atoms with E-state index in [-0.39, 0.29) is 0 Å². The summed E-state index contributed by atoms with van der Waals surface area (Å²) in [6.45, 7) is 12.3. The summed E-state index contributed by atoms with van der Waals surface area (Å²) in [5, 5.41) is 3.17. The highest BCUT2D eigenvalue weighted by molar-refractivity contribution is 5.52. The van der Waals surface area contributed by atoms with E-state index in [9.17, 15) is 0 Å². The second kappa shape index (κ2) is 11.1. The van der Waals surface area contributed by atoms with Crippen LogP contribution in [0.4, 0.5) is 5.69 Å². The van der Waals surface area contributed by atoms with Crippen LogP contribution in [0.15, 0.2) is 18.2 Å². The number of aryl methyl sites for hydroxylation is 2. The van der Waals surface area contributed by atoms with Gasteiger partial charge in [0, 0.05) is 12.7 Å². The number of anilines is 1. The van der Waals surface area contributed by atoms with E-state index in [1.165, 1.54) is 16.8 Å². The molecule has 1 heteroatoms. The SMILES string of the molecule is CC.CC.CCc1cc(C)ccc1NC. The molecule has 1 aromatic carbocycles. The molecular weight excluding hydrogens is 182 g/mol. The molecule has 0 unspecified atom stereocenters. The predicted octanol–water partition coefficient (Wildman–Crippen LogP) is 4.65. The molecule has 88 valence electrons. The lowest BCUT2D eigenvalue weighted by Gasteiger charge is -2.07. The molecule has 0 heterocycles. The lowest BCUT2D eigenvalue weighted by atomic mass is 10.1. The third-order valence-corrected chi connectivity index (χ3v) is 1.91. The van der Waals surface area contributed by atoms with Gasteiger partial charge in [-0.05, 0) is 25.0 Å². The molecule has 0 amide bonds. The van der Waals surface area contributed by atoms with E-state index in [1.54, 1.807) is 0 Å². The number of benzene rings is 1. The molecule has 0 bridgehead atoms. The van der Waals surface area contributed by atoms with E-state index in [0.29, 0.717) is 0 Å². The van der Waals surface area contributed by atoms with Crippen molar-refractivity contribution in [1.29, 1.82) is 0 Å². The monoisotopic (exact) mass is 209 g/mol. The number of nitrogens with one attached hydrogen (secondary N) is 1. The lowest BCUT2D eigenvalue weighted by Crippen LogP contribution is -1.94. The minimum absolute atomic E-state index is 1.10. The first-order chi connectivity index (χ1) is 7.27. The maximum atomic E-state index is 3.17. The number of hydrogen-bond acceptors (Lipinski definition) is 1. The maximum absolute atomic E-state index is 3.17. The van der Waals surface area contributed by atoms with Crippen LogP contribution in [-0.4, -0.2) is 7.05 Å². The number of hydrogen-bond donors (Lipinski definition) is 1. The van der Waals surface area contributed by atoms with Crippen molar-refractivity contribution in [3.63, 3.8) is 0 Å². The standard InChI is InChI=1S/C10H15N.2C2H6/c1-4-9-7-8(2)5-6-10(9)11-3;2*1-2/h5-7,11H,4H2,1-3H3;2*1-2H3. The highest BCUT2D eigenvalue weighted by Crippen LogP contribution is 2.16. The van der Waals surface area contributed by atoms with Gasteiger partial charge in [0.05, 0.1) is 0 Å². The molecule has 0 atom stereocenters. The second-order valence-electron chi connectivity index (χ2n) is 2.76.